The lowest BCUT2D eigenvalue weighted by Gasteiger charge is -2.29. The largest absolute Gasteiger partial charge is 0.468 e. The summed E-state index contributed by atoms with van der Waals surface area (Å²) in [6.07, 6.45) is 0. The molecule has 1 aromatic rings. The zero-order valence-corrected chi connectivity index (χ0v) is 14.2. The van der Waals surface area contributed by atoms with Gasteiger partial charge in [-0.3, -0.25) is 4.79 Å². The Morgan fingerprint density at radius 1 is 1.24 bits per heavy atom. The summed E-state index contributed by atoms with van der Waals surface area (Å²) in [7, 11) is -2.56. The molecule has 118 valence electrons. The van der Waals surface area contributed by atoms with Crippen LogP contribution in [-0.4, -0.2) is 27.5 Å². The zero-order valence-electron chi connectivity index (χ0n) is 13.4. The number of rotatable bonds is 4. The number of ether oxygens (including phenoxy) is 1. The van der Waals surface area contributed by atoms with Gasteiger partial charge in [-0.2, -0.15) is 4.72 Å². The Hall–Kier alpha value is -1.40. The number of aryl methyl sites for hydroxylation is 2. The number of hydrogen-bond donors (Lipinski definition) is 1. The van der Waals surface area contributed by atoms with Crippen LogP contribution in [-0.2, 0) is 19.6 Å². The van der Waals surface area contributed by atoms with Crippen molar-refractivity contribution < 1.29 is 17.9 Å². The molecule has 6 heteroatoms. The van der Waals surface area contributed by atoms with Crippen molar-refractivity contribution in [1.29, 1.82) is 0 Å². The van der Waals surface area contributed by atoms with Gasteiger partial charge in [0.2, 0.25) is 10.0 Å². The van der Waals surface area contributed by atoms with Crippen LogP contribution in [0.25, 0.3) is 0 Å². The van der Waals surface area contributed by atoms with E-state index < -0.39 is 27.4 Å². The lowest BCUT2D eigenvalue weighted by atomic mass is 9.87. The van der Waals surface area contributed by atoms with Crippen molar-refractivity contribution in [2.24, 2.45) is 5.41 Å². The molecule has 5 nitrogen and oxygen atoms in total. The molecule has 0 saturated carbocycles. The molecule has 0 bridgehead atoms. The van der Waals surface area contributed by atoms with Crippen molar-refractivity contribution in [3.05, 3.63) is 29.3 Å². The molecule has 21 heavy (non-hydrogen) atoms. The second kappa shape index (κ2) is 6.15. The Morgan fingerprint density at radius 3 is 2.29 bits per heavy atom. The van der Waals surface area contributed by atoms with Gasteiger partial charge < -0.3 is 4.74 Å². The third-order valence-electron chi connectivity index (χ3n) is 3.21. The second-order valence-corrected chi connectivity index (χ2v) is 7.89. The van der Waals surface area contributed by atoms with Crippen LogP contribution in [0.4, 0.5) is 0 Å². The third-order valence-corrected chi connectivity index (χ3v) is 4.77. The number of benzene rings is 1. The number of nitrogens with one attached hydrogen (secondary N) is 1. The monoisotopic (exact) mass is 313 g/mol. The predicted molar refractivity (Wildman–Crippen MR) is 81.5 cm³/mol. The minimum Gasteiger partial charge on any atom is -0.468 e. The Morgan fingerprint density at radius 2 is 1.81 bits per heavy atom. The Kier molecular flexibility index (Phi) is 5.17. The van der Waals surface area contributed by atoms with Crippen molar-refractivity contribution in [3.63, 3.8) is 0 Å². The molecule has 1 rings (SSSR count). The quantitative estimate of drug-likeness (QED) is 0.865. The maximum absolute atomic E-state index is 12.6. The lowest BCUT2D eigenvalue weighted by Crippen LogP contribution is -2.49. The fourth-order valence-corrected chi connectivity index (χ4v) is 3.63. The van der Waals surface area contributed by atoms with Crippen LogP contribution < -0.4 is 4.72 Å². The van der Waals surface area contributed by atoms with Crippen LogP contribution in [0.1, 0.15) is 31.9 Å². The Labute approximate surface area is 126 Å². The van der Waals surface area contributed by atoms with Crippen molar-refractivity contribution in [2.75, 3.05) is 7.11 Å². The van der Waals surface area contributed by atoms with Gasteiger partial charge in [0, 0.05) is 0 Å². The Balaban J connectivity index is 3.24. The van der Waals surface area contributed by atoms with E-state index in [0.717, 1.165) is 5.56 Å². The van der Waals surface area contributed by atoms with Gasteiger partial charge >= 0.3 is 5.97 Å². The summed E-state index contributed by atoms with van der Waals surface area (Å²) in [5.74, 6) is -0.601. The van der Waals surface area contributed by atoms with Crippen LogP contribution in [0.3, 0.4) is 0 Å². The highest BCUT2D eigenvalue weighted by Gasteiger charge is 2.36. The SMILES string of the molecule is COC(=O)C(NS(=O)(=O)c1cc(C)ccc1C)C(C)(C)C. The topological polar surface area (TPSA) is 72.5 Å². The summed E-state index contributed by atoms with van der Waals surface area (Å²) in [6, 6.07) is 4.23. The molecule has 0 aliphatic heterocycles. The van der Waals surface area contributed by atoms with Crippen molar-refractivity contribution in [2.45, 2.75) is 45.6 Å². The summed E-state index contributed by atoms with van der Waals surface area (Å²) in [4.78, 5) is 12.1. The molecule has 0 aromatic heterocycles. The van der Waals surface area contributed by atoms with E-state index in [-0.39, 0.29) is 4.90 Å². The summed E-state index contributed by atoms with van der Waals surface area (Å²) in [5.41, 5.74) is 0.870. The van der Waals surface area contributed by atoms with Gasteiger partial charge in [-0.15, -0.1) is 0 Å². The van der Waals surface area contributed by atoms with Crippen molar-refractivity contribution in [1.82, 2.24) is 4.72 Å². The zero-order chi connectivity index (χ0) is 16.4. The van der Waals surface area contributed by atoms with E-state index in [1.165, 1.54) is 7.11 Å². The molecule has 1 unspecified atom stereocenters. The molecule has 1 atom stereocenters. The number of sulfonamides is 1. The molecule has 0 fully saturated rings. The summed E-state index contributed by atoms with van der Waals surface area (Å²) < 4.78 is 32.3. The van der Waals surface area contributed by atoms with Crippen LogP contribution in [0.5, 0.6) is 0 Å². The van der Waals surface area contributed by atoms with E-state index in [0.29, 0.717) is 5.56 Å². The molecule has 0 aliphatic carbocycles. The van der Waals surface area contributed by atoms with E-state index in [1.54, 1.807) is 39.8 Å². The smallest absolute Gasteiger partial charge is 0.324 e. The van der Waals surface area contributed by atoms with E-state index in [4.69, 9.17) is 4.74 Å². The minimum absolute atomic E-state index is 0.181. The third kappa shape index (κ3) is 4.28. The molecule has 0 saturated heterocycles. The maximum atomic E-state index is 12.6. The van der Waals surface area contributed by atoms with Gasteiger partial charge in [0.1, 0.15) is 6.04 Å². The molecule has 1 N–H and O–H groups in total. The van der Waals surface area contributed by atoms with Crippen LogP contribution in [0, 0.1) is 19.3 Å². The average molecular weight is 313 g/mol. The molecule has 0 radical (unpaired) electrons. The van der Waals surface area contributed by atoms with Crippen molar-refractivity contribution in [3.8, 4) is 0 Å². The maximum Gasteiger partial charge on any atom is 0.324 e. The van der Waals surface area contributed by atoms with Crippen LogP contribution in [0.15, 0.2) is 23.1 Å². The standard InChI is InChI=1S/C15H23NO4S/c1-10-7-8-11(2)12(9-10)21(18,19)16-13(14(17)20-6)15(3,4)5/h7-9,13,16H,1-6H3. The molecule has 0 aliphatic rings. The van der Waals surface area contributed by atoms with Gasteiger partial charge in [0.05, 0.1) is 12.0 Å². The minimum atomic E-state index is -3.80. The lowest BCUT2D eigenvalue weighted by molar-refractivity contribution is -0.145. The highest BCUT2D eigenvalue weighted by Crippen LogP contribution is 2.24. The number of esters is 1. The molecule has 0 heterocycles. The molecule has 0 amide bonds. The summed E-state index contributed by atoms with van der Waals surface area (Å²) >= 11 is 0. The fraction of sp³-hybridized carbons (Fsp3) is 0.533. The average Bonchev–Trinajstić information content (AvgIpc) is 2.36. The number of carbonyl (C=O) groups excluding carboxylic acids is 1. The molecule has 0 spiro atoms. The molecule has 1 aromatic carbocycles. The first-order valence-corrected chi connectivity index (χ1v) is 8.15. The highest BCUT2D eigenvalue weighted by atomic mass is 32.2. The molecular weight excluding hydrogens is 290 g/mol. The number of methoxy groups -OCH3 is 1. The highest BCUT2D eigenvalue weighted by molar-refractivity contribution is 7.89. The van der Waals surface area contributed by atoms with E-state index in [9.17, 15) is 13.2 Å². The van der Waals surface area contributed by atoms with E-state index >= 15 is 0 Å². The van der Waals surface area contributed by atoms with Crippen LogP contribution in [0.2, 0.25) is 0 Å². The van der Waals surface area contributed by atoms with Crippen molar-refractivity contribution >= 4 is 16.0 Å². The fourth-order valence-electron chi connectivity index (χ4n) is 1.91. The second-order valence-electron chi connectivity index (χ2n) is 6.21. The van der Waals surface area contributed by atoms with Gasteiger partial charge in [0.15, 0.2) is 0 Å². The summed E-state index contributed by atoms with van der Waals surface area (Å²) in [6.45, 7) is 8.87. The van der Waals surface area contributed by atoms with E-state index in [1.807, 2.05) is 13.0 Å². The first-order chi connectivity index (χ1) is 9.49. The van der Waals surface area contributed by atoms with Gasteiger partial charge in [-0.05, 0) is 36.5 Å². The number of carbonyl (C=O) groups is 1. The Bertz CT molecular complexity index is 630. The van der Waals surface area contributed by atoms with Gasteiger partial charge in [-0.1, -0.05) is 32.9 Å². The van der Waals surface area contributed by atoms with Crippen LogP contribution >= 0.6 is 0 Å². The van der Waals surface area contributed by atoms with Gasteiger partial charge in [-0.25, -0.2) is 8.42 Å². The first kappa shape index (κ1) is 17.7. The summed E-state index contributed by atoms with van der Waals surface area (Å²) in [5, 5.41) is 0. The van der Waals surface area contributed by atoms with E-state index in [2.05, 4.69) is 4.72 Å². The number of hydrogen-bond acceptors (Lipinski definition) is 4. The normalized spacial score (nSPS) is 13.8. The first-order valence-electron chi connectivity index (χ1n) is 6.66. The predicted octanol–water partition coefficient (Wildman–Crippen LogP) is 2.17. The van der Waals surface area contributed by atoms with Gasteiger partial charge in [0.25, 0.3) is 0 Å². The molecular formula is C15H23NO4S.